The first-order valence-electron chi connectivity index (χ1n) is 6.58. The number of aromatic nitrogens is 5. The molecule has 0 atom stereocenters. The zero-order valence-corrected chi connectivity index (χ0v) is 12.7. The van der Waals surface area contributed by atoms with Gasteiger partial charge in [-0.25, -0.2) is 0 Å². The first kappa shape index (κ1) is 13.8. The van der Waals surface area contributed by atoms with E-state index in [0.717, 1.165) is 17.5 Å². The third-order valence-electron chi connectivity index (χ3n) is 2.98. The number of hydrogen-bond donors (Lipinski definition) is 0. The number of hydrogen-bond acceptors (Lipinski definition) is 6. The van der Waals surface area contributed by atoms with E-state index in [-0.39, 0.29) is 0 Å². The zero-order valence-electron chi connectivity index (χ0n) is 11.9. The molecular weight excluding hydrogens is 286 g/mol. The van der Waals surface area contributed by atoms with Crippen LogP contribution in [-0.2, 0) is 12.3 Å². The second kappa shape index (κ2) is 6.09. The summed E-state index contributed by atoms with van der Waals surface area (Å²) in [6.07, 6.45) is 0. The Hall–Kier alpha value is -2.15. The lowest BCUT2D eigenvalue weighted by atomic mass is 10.2. The average molecular weight is 301 g/mol. The summed E-state index contributed by atoms with van der Waals surface area (Å²) in [5, 5.41) is 13.0. The molecule has 3 rings (SSSR count). The molecule has 21 heavy (non-hydrogen) atoms. The molecule has 3 aromatic rings. The highest BCUT2D eigenvalue weighted by Crippen LogP contribution is 2.22. The lowest BCUT2D eigenvalue weighted by molar-refractivity contribution is 0.387. The van der Waals surface area contributed by atoms with Crippen molar-refractivity contribution in [1.29, 1.82) is 0 Å². The molecule has 6 nitrogen and oxygen atoms in total. The monoisotopic (exact) mass is 301 g/mol. The summed E-state index contributed by atoms with van der Waals surface area (Å²) in [5.74, 6) is 2.73. The maximum absolute atomic E-state index is 5.11. The highest BCUT2D eigenvalue weighted by molar-refractivity contribution is 7.98. The van der Waals surface area contributed by atoms with Crippen LogP contribution in [0.3, 0.4) is 0 Å². The van der Waals surface area contributed by atoms with Crippen LogP contribution in [0, 0.1) is 13.8 Å². The molecule has 0 aliphatic heterocycles. The van der Waals surface area contributed by atoms with Crippen molar-refractivity contribution in [2.75, 3.05) is 0 Å². The van der Waals surface area contributed by atoms with Gasteiger partial charge in [-0.15, -0.1) is 10.2 Å². The largest absolute Gasteiger partial charge is 0.338 e. The van der Waals surface area contributed by atoms with Gasteiger partial charge < -0.3 is 9.09 Å². The fraction of sp³-hybridized carbons (Fsp3) is 0.286. The van der Waals surface area contributed by atoms with Crippen LogP contribution in [0.15, 0.2) is 40.0 Å². The van der Waals surface area contributed by atoms with E-state index in [2.05, 4.69) is 37.0 Å². The average Bonchev–Trinajstić information content (AvgIpc) is 3.06. The summed E-state index contributed by atoms with van der Waals surface area (Å²) in [6.45, 7) is 4.52. The molecule has 0 aliphatic rings. The minimum atomic E-state index is 0.591. The van der Waals surface area contributed by atoms with Gasteiger partial charge in [-0.1, -0.05) is 47.3 Å². The van der Waals surface area contributed by atoms with Gasteiger partial charge in [-0.3, -0.25) is 0 Å². The molecule has 2 heterocycles. The molecule has 7 heteroatoms. The van der Waals surface area contributed by atoms with Crippen molar-refractivity contribution in [3.63, 3.8) is 0 Å². The van der Waals surface area contributed by atoms with Crippen molar-refractivity contribution >= 4 is 11.8 Å². The zero-order chi connectivity index (χ0) is 14.7. The molecule has 108 valence electrons. The fourth-order valence-corrected chi connectivity index (χ4v) is 2.76. The lowest BCUT2D eigenvalue weighted by Crippen LogP contribution is -2.03. The molecule has 0 aliphatic carbocycles. The highest BCUT2D eigenvalue weighted by atomic mass is 32.2. The molecule has 0 saturated carbocycles. The molecule has 1 aromatic carbocycles. The van der Waals surface area contributed by atoms with E-state index in [0.29, 0.717) is 17.5 Å². The molecule has 0 bridgehead atoms. The predicted molar refractivity (Wildman–Crippen MR) is 78.9 cm³/mol. The summed E-state index contributed by atoms with van der Waals surface area (Å²) in [7, 11) is 0. The van der Waals surface area contributed by atoms with Crippen molar-refractivity contribution in [3.8, 4) is 0 Å². The van der Waals surface area contributed by atoms with E-state index >= 15 is 0 Å². The Morgan fingerprint density at radius 1 is 1.14 bits per heavy atom. The smallest absolute Gasteiger partial charge is 0.237 e. The third kappa shape index (κ3) is 3.30. The SMILES string of the molecule is Cc1noc(CSc2nnc(C)n2Cc2ccccc2)n1. The third-order valence-corrected chi connectivity index (χ3v) is 3.93. The van der Waals surface area contributed by atoms with Crippen molar-refractivity contribution in [1.82, 2.24) is 24.9 Å². The van der Waals surface area contributed by atoms with Gasteiger partial charge in [0, 0.05) is 0 Å². The number of rotatable bonds is 5. The summed E-state index contributed by atoms with van der Waals surface area (Å²) in [6, 6.07) is 10.3. The van der Waals surface area contributed by atoms with Crippen LogP contribution in [0.5, 0.6) is 0 Å². The van der Waals surface area contributed by atoms with Crippen molar-refractivity contribution in [3.05, 3.63) is 53.4 Å². The summed E-state index contributed by atoms with van der Waals surface area (Å²) in [5.41, 5.74) is 1.22. The number of nitrogens with zero attached hydrogens (tertiary/aromatic N) is 5. The van der Waals surface area contributed by atoms with Crippen molar-refractivity contribution in [2.45, 2.75) is 31.3 Å². The summed E-state index contributed by atoms with van der Waals surface area (Å²) < 4.78 is 7.20. The van der Waals surface area contributed by atoms with Crippen molar-refractivity contribution in [2.24, 2.45) is 0 Å². The molecule has 0 amide bonds. The maximum Gasteiger partial charge on any atom is 0.237 e. The predicted octanol–water partition coefficient (Wildman–Crippen LogP) is 2.62. The standard InChI is InChI=1S/C14H15N5OS/c1-10-15-13(20-18-10)9-21-14-17-16-11(2)19(14)8-12-6-4-3-5-7-12/h3-7H,8-9H2,1-2H3. The number of thioether (sulfide) groups is 1. The fourth-order valence-electron chi connectivity index (χ4n) is 1.94. The topological polar surface area (TPSA) is 69.6 Å². The van der Waals surface area contributed by atoms with Crippen LogP contribution in [0.2, 0.25) is 0 Å². The number of benzene rings is 1. The highest BCUT2D eigenvalue weighted by Gasteiger charge is 2.12. The van der Waals surface area contributed by atoms with Crippen LogP contribution in [0.1, 0.15) is 23.1 Å². The van der Waals surface area contributed by atoms with E-state index < -0.39 is 0 Å². The Morgan fingerprint density at radius 3 is 2.67 bits per heavy atom. The molecule has 0 spiro atoms. The van der Waals surface area contributed by atoms with Crippen LogP contribution in [0.25, 0.3) is 0 Å². The van der Waals surface area contributed by atoms with Gasteiger partial charge in [-0.2, -0.15) is 4.98 Å². The molecule has 0 N–H and O–H groups in total. The van der Waals surface area contributed by atoms with Gasteiger partial charge >= 0.3 is 0 Å². The van der Waals surface area contributed by atoms with Crippen LogP contribution >= 0.6 is 11.8 Å². The van der Waals surface area contributed by atoms with E-state index in [4.69, 9.17) is 4.52 Å². The van der Waals surface area contributed by atoms with Crippen LogP contribution in [0.4, 0.5) is 0 Å². The van der Waals surface area contributed by atoms with Gasteiger partial charge in [0.05, 0.1) is 12.3 Å². The summed E-state index contributed by atoms with van der Waals surface area (Å²) in [4.78, 5) is 4.19. The Balaban J connectivity index is 1.74. The Kier molecular flexibility index (Phi) is 4.01. The minimum absolute atomic E-state index is 0.591. The molecule has 0 unspecified atom stereocenters. The molecule has 0 radical (unpaired) electrons. The minimum Gasteiger partial charge on any atom is -0.338 e. The molecule has 2 aromatic heterocycles. The van der Waals surface area contributed by atoms with Gasteiger partial charge in [0.25, 0.3) is 0 Å². The van der Waals surface area contributed by atoms with Gasteiger partial charge in [0.1, 0.15) is 5.82 Å². The van der Waals surface area contributed by atoms with Gasteiger partial charge in [0.2, 0.25) is 5.89 Å². The Morgan fingerprint density at radius 2 is 1.95 bits per heavy atom. The molecular formula is C14H15N5OS. The van der Waals surface area contributed by atoms with Crippen LogP contribution in [-0.4, -0.2) is 24.9 Å². The van der Waals surface area contributed by atoms with E-state index in [1.54, 1.807) is 18.7 Å². The second-order valence-corrected chi connectivity index (χ2v) is 5.57. The first-order valence-corrected chi connectivity index (χ1v) is 7.56. The van der Waals surface area contributed by atoms with Gasteiger partial charge in [0.15, 0.2) is 11.0 Å². The molecule has 0 saturated heterocycles. The maximum atomic E-state index is 5.11. The normalized spacial score (nSPS) is 11.0. The quantitative estimate of drug-likeness (QED) is 0.675. The second-order valence-electron chi connectivity index (χ2n) is 4.63. The summed E-state index contributed by atoms with van der Waals surface area (Å²) >= 11 is 1.55. The number of aryl methyl sites for hydroxylation is 2. The van der Waals surface area contributed by atoms with E-state index in [9.17, 15) is 0 Å². The lowest BCUT2D eigenvalue weighted by Gasteiger charge is -2.07. The Bertz CT molecular complexity index is 722. The van der Waals surface area contributed by atoms with Crippen LogP contribution < -0.4 is 0 Å². The van der Waals surface area contributed by atoms with Crippen molar-refractivity contribution < 1.29 is 4.52 Å². The van der Waals surface area contributed by atoms with E-state index in [1.165, 1.54) is 5.56 Å². The van der Waals surface area contributed by atoms with E-state index in [1.807, 2.05) is 25.1 Å². The van der Waals surface area contributed by atoms with Gasteiger partial charge in [-0.05, 0) is 19.4 Å². The molecule has 0 fully saturated rings. The first-order chi connectivity index (χ1) is 10.2. The Labute approximate surface area is 126 Å².